The van der Waals surface area contributed by atoms with Gasteiger partial charge >= 0.3 is 0 Å². The van der Waals surface area contributed by atoms with Crippen molar-refractivity contribution in [3.63, 3.8) is 0 Å². The number of fused-ring (bicyclic) bond motifs is 1. The van der Waals surface area contributed by atoms with Crippen molar-refractivity contribution in [3.8, 4) is 11.3 Å². The van der Waals surface area contributed by atoms with Gasteiger partial charge in [0, 0.05) is 23.7 Å². The van der Waals surface area contributed by atoms with Crippen LogP contribution < -0.4 is 10.7 Å². The van der Waals surface area contributed by atoms with Crippen molar-refractivity contribution < 1.29 is 9.21 Å². The van der Waals surface area contributed by atoms with Crippen molar-refractivity contribution in [1.29, 1.82) is 0 Å². The summed E-state index contributed by atoms with van der Waals surface area (Å²) in [6, 6.07) is 12.9. The smallest absolute Gasteiger partial charge is 0.255 e. The summed E-state index contributed by atoms with van der Waals surface area (Å²) in [4.78, 5) is 27.8. The first-order valence-electron chi connectivity index (χ1n) is 9.37. The molecule has 5 heteroatoms. The molecule has 1 aromatic heterocycles. The van der Waals surface area contributed by atoms with Gasteiger partial charge in [-0.05, 0) is 47.0 Å². The lowest BCUT2D eigenvalue weighted by molar-refractivity contribution is 0.0935. The number of carbonyl (C=O) groups is 1. The highest BCUT2D eigenvalue weighted by Gasteiger charge is 2.19. The third-order valence-corrected chi connectivity index (χ3v) is 4.72. The first-order valence-corrected chi connectivity index (χ1v) is 9.37. The Morgan fingerprint density at radius 3 is 2.43 bits per heavy atom. The van der Waals surface area contributed by atoms with Crippen LogP contribution in [0.5, 0.6) is 0 Å². The molecule has 146 valence electrons. The summed E-state index contributed by atoms with van der Waals surface area (Å²) in [6.07, 6.45) is 0. The Morgan fingerprint density at radius 1 is 1.11 bits per heavy atom. The molecule has 0 fully saturated rings. The molecule has 0 aliphatic heterocycles. The molecule has 0 aliphatic carbocycles. The van der Waals surface area contributed by atoms with Gasteiger partial charge in [-0.15, -0.1) is 0 Å². The van der Waals surface area contributed by atoms with Crippen LogP contribution >= 0.6 is 0 Å². The van der Waals surface area contributed by atoms with E-state index in [0.29, 0.717) is 34.4 Å². The maximum atomic E-state index is 12.9. The summed E-state index contributed by atoms with van der Waals surface area (Å²) in [5, 5.41) is 3.40. The minimum absolute atomic E-state index is 0.0357. The number of amides is 1. The fourth-order valence-electron chi connectivity index (χ4n) is 3.36. The van der Waals surface area contributed by atoms with E-state index in [1.165, 1.54) is 0 Å². The highest BCUT2D eigenvalue weighted by molar-refractivity contribution is 6.05. The lowest BCUT2D eigenvalue weighted by Crippen LogP contribution is -2.39. The second-order valence-electron chi connectivity index (χ2n) is 7.57. The zero-order valence-corrected chi connectivity index (χ0v) is 17.0. The van der Waals surface area contributed by atoms with Gasteiger partial charge in [-0.2, -0.15) is 0 Å². The minimum atomic E-state index is -0.248. The molecule has 1 N–H and O–H groups in total. The number of para-hydroxylation sites is 1. The van der Waals surface area contributed by atoms with Crippen LogP contribution in [-0.2, 0) is 0 Å². The Balaban J connectivity index is 2.11. The van der Waals surface area contributed by atoms with E-state index in [0.717, 1.165) is 11.1 Å². The van der Waals surface area contributed by atoms with Crippen LogP contribution in [-0.4, -0.2) is 37.5 Å². The van der Waals surface area contributed by atoms with Crippen LogP contribution in [0, 0.1) is 13.8 Å². The predicted molar refractivity (Wildman–Crippen MR) is 113 cm³/mol. The summed E-state index contributed by atoms with van der Waals surface area (Å²) < 4.78 is 6.14. The molecule has 5 nitrogen and oxygen atoms in total. The molecule has 0 saturated heterocycles. The Labute approximate surface area is 165 Å². The highest BCUT2D eigenvalue weighted by Crippen LogP contribution is 2.27. The van der Waals surface area contributed by atoms with Crippen molar-refractivity contribution in [2.45, 2.75) is 26.8 Å². The average Bonchev–Trinajstić information content (AvgIpc) is 2.64. The van der Waals surface area contributed by atoms with E-state index in [4.69, 9.17) is 4.42 Å². The third-order valence-electron chi connectivity index (χ3n) is 4.72. The number of hydrogen-bond donors (Lipinski definition) is 1. The van der Waals surface area contributed by atoms with Gasteiger partial charge in [0.2, 0.25) is 0 Å². The van der Waals surface area contributed by atoms with Crippen molar-refractivity contribution in [2.75, 3.05) is 20.6 Å². The molecule has 0 radical (unpaired) electrons. The van der Waals surface area contributed by atoms with Crippen molar-refractivity contribution in [3.05, 3.63) is 69.4 Å². The second-order valence-corrected chi connectivity index (χ2v) is 7.57. The predicted octanol–water partition coefficient (Wildman–Crippen LogP) is 3.76. The summed E-state index contributed by atoms with van der Waals surface area (Å²) in [5.74, 6) is 0.251. The molecule has 28 heavy (non-hydrogen) atoms. The molecule has 0 spiro atoms. The van der Waals surface area contributed by atoms with Crippen molar-refractivity contribution in [1.82, 2.24) is 10.2 Å². The zero-order valence-electron chi connectivity index (χ0n) is 17.0. The molecule has 1 atom stereocenters. The number of nitrogens with one attached hydrogen (secondary N) is 1. The number of carbonyl (C=O) groups excluding carboxylic acids is 1. The highest BCUT2D eigenvalue weighted by atomic mass is 16.3. The monoisotopic (exact) mass is 378 g/mol. The van der Waals surface area contributed by atoms with Crippen LogP contribution in [0.2, 0.25) is 0 Å². The Bertz CT molecular complexity index is 1070. The summed E-state index contributed by atoms with van der Waals surface area (Å²) in [5.41, 5.74) is 3.05. The van der Waals surface area contributed by atoms with E-state index in [-0.39, 0.29) is 17.4 Å². The SMILES string of the molecule is Cc1ccc(-c2oc3c(C(=O)NC(C)CN(C)C)cccc3c(=O)c2C)cc1. The number of likely N-dealkylation sites (N-methyl/N-ethyl adjacent to an activating group) is 1. The maximum Gasteiger partial charge on any atom is 0.255 e. The van der Waals surface area contributed by atoms with Crippen LogP contribution in [0.3, 0.4) is 0 Å². The molecule has 0 bridgehead atoms. The van der Waals surface area contributed by atoms with E-state index in [1.54, 1.807) is 25.1 Å². The summed E-state index contributed by atoms with van der Waals surface area (Å²) in [7, 11) is 3.91. The zero-order chi connectivity index (χ0) is 20.4. The normalized spacial score (nSPS) is 12.4. The first-order chi connectivity index (χ1) is 13.3. The quantitative estimate of drug-likeness (QED) is 0.734. The van der Waals surface area contributed by atoms with Crippen molar-refractivity contribution in [2.24, 2.45) is 0 Å². The molecule has 1 unspecified atom stereocenters. The standard InChI is InChI=1S/C23H26N2O3/c1-14-9-11-17(12-10-14)21-16(3)20(26)18-7-6-8-19(22(18)28-21)23(27)24-15(2)13-25(4)5/h6-12,15H,13H2,1-5H3,(H,24,27). The fourth-order valence-corrected chi connectivity index (χ4v) is 3.36. The Morgan fingerprint density at radius 2 is 1.79 bits per heavy atom. The minimum Gasteiger partial charge on any atom is -0.455 e. The number of benzene rings is 2. The maximum absolute atomic E-state index is 12.9. The largest absolute Gasteiger partial charge is 0.455 e. The molecule has 0 aliphatic rings. The topological polar surface area (TPSA) is 62.6 Å². The molecule has 1 amide bonds. The van der Waals surface area contributed by atoms with Crippen LogP contribution in [0.15, 0.2) is 51.7 Å². The van der Waals surface area contributed by atoms with E-state index in [9.17, 15) is 9.59 Å². The summed E-state index contributed by atoms with van der Waals surface area (Å²) >= 11 is 0. The number of aryl methyl sites for hydroxylation is 1. The van der Waals surface area contributed by atoms with E-state index >= 15 is 0 Å². The number of nitrogens with zero attached hydrogens (tertiary/aromatic N) is 1. The van der Waals surface area contributed by atoms with Crippen LogP contribution in [0.25, 0.3) is 22.3 Å². The Kier molecular flexibility index (Phi) is 5.66. The first kappa shape index (κ1) is 19.8. The van der Waals surface area contributed by atoms with Gasteiger partial charge in [0.25, 0.3) is 5.91 Å². The molecular formula is C23H26N2O3. The van der Waals surface area contributed by atoms with Gasteiger partial charge in [0.05, 0.1) is 10.9 Å². The third kappa shape index (κ3) is 3.99. The van der Waals surface area contributed by atoms with Gasteiger partial charge < -0.3 is 14.6 Å². The molecule has 1 heterocycles. The average molecular weight is 378 g/mol. The molecule has 3 rings (SSSR count). The molecular weight excluding hydrogens is 352 g/mol. The summed E-state index contributed by atoms with van der Waals surface area (Å²) in [6.45, 7) is 6.42. The van der Waals surface area contributed by atoms with Gasteiger partial charge in [0.15, 0.2) is 11.0 Å². The molecule has 0 saturated carbocycles. The van der Waals surface area contributed by atoms with Gasteiger partial charge in [-0.25, -0.2) is 0 Å². The second kappa shape index (κ2) is 7.98. The Hall–Kier alpha value is -2.92. The number of rotatable bonds is 5. The lowest BCUT2D eigenvalue weighted by Gasteiger charge is -2.18. The van der Waals surface area contributed by atoms with Gasteiger partial charge in [-0.1, -0.05) is 35.9 Å². The molecule has 2 aromatic carbocycles. The number of hydrogen-bond acceptors (Lipinski definition) is 4. The van der Waals surface area contributed by atoms with Crippen LogP contribution in [0.4, 0.5) is 0 Å². The van der Waals surface area contributed by atoms with Crippen molar-refractivity contribution >= 4 is 16.9 Å². The van der Waals surface area contributed by atoms with Gasteiger partial charge in [0.1, 0.15) is 5.76 Å². The molecule has 3 aromatic rings. The lowest BCUT2D eigenvalue weighted by atomic mass is 10.0. The van der Waals surface area contributed by atoms with Crippen LogP contribution in [0.1, 0.15) is 28.4 Å². The van der Waals surface area contributed by atoms with E-state index in [1.807, 2.05) is 57.1 Å². The van der Waals surface area contributed by atoms with E-state index in [2.05, 4.69) is 5.32 Å². The van der Waals surface area contributed by atoms with Gasteiger partial charge in [-0.3, -0.25) is 9.59 Å². The fraction of sp³-hybridized carbons (Fsp3) is 0.304. The van der Waals surface area contributed by atoms with E-state index < -0.39 is 0 Å².